The molecule has 0 bridgehead atoms. The Morgan fingerprint density at radius 1 is 1.35 bits per heavy atom. The average molecular weight is 381 g/mol. The third kappa shape index (κ3) is 3.71. The van der Waals surface area contributed by atoms with Gasteiger partial charge in [0.2, 0.25) is 0 Å². The SMILES string of the molecule is CC1CCC(Br)C(Cc2ccc(Br)cc2Cl)C1. The van der Waals surface area contributed by atoms with Crippen molar-refractivity contribution in [2.45, 2.75) is 37.4 Å². The maximum atomic E-state index is 6.29. The maximum Gasteiger partial charge on any atom is 0.0449 e. The Kier molecular flexibility index (Phi) is 4.96. The van der Waals surface area contributed by atoms with Gasteiger partial charge in [-0.15, -0.1) is 0 Å². The Morgan fingerprint density at radius 2 is 2.12 bits per heavy atom. The van der Waals surface area contributed by atoms with Crippen LogP contribution in [0.4, 0.5) is 0 Å². The summed E-state index contributed by atoms with van der Waals surface area (Å²) in [6.45, 7) is 2.36. The van der Waals surface area contributed by atoms with Crippen molar-refractivity contribution in [3.63, 3.8) is 0 Å². The zero-order valence-electron chi connectivity index (χ0n) is 9.93. The van der Waals surface area contributed by atoms with E-state index in [1.807, 2.05) is 6.07 Å². The normalized spacial score (nSPS) is 29.3. The largest absolute Gasteiger partial charge is 0.0888 e. The van der Waals surface area contributed by atoms with Crippen LogP contribution in [0.15, 0.2) is 22.7 Å². The number of rotatable bonds is 2. The summed E-state index contributed by atoms with van der Waals surface area (Å²) in [6, 6.07) is 6.22. The van der Waals surface area contributed by atoms with Gasteiger partial charge in [-0.2, -0.15) is 0 Å². The summed E-state index contributed by atoms with van der Waals surface area (Å²) in [7, 11) is 0. The van der Waals surface area contributed by atoms with Crippen LogP contribution in [0.3, 0.4) is 0 Å². The molecule has 0 nitrogen and oxygen atoms in total. The van der Waals surface area contributed by atoms with Gasteiger partial charge in [0.15, 0.2) is 0 Å². The molecule has 1 aliphatic carbocycles. The predicted octanol–water partition coefficient (Wildman–Crippen LogP) is 5.84. The van der Waals surface area contributed by atoms with Crippen molar-refractivity contribution in [1.82, 2.24) is 0 Å². The van der Waals surface area contributed by atoms with Crippen molar-refractivity contribution >= 4 is 43.5 Å². The predicted molar refractivity (Wildman–Crippen MR) is 82.1 cm³/mol. The van der Waals surface area contributed by atoms with E-state index in [1.165, 1.54) is 24.8 Å². The third-order valence-electron chi connectivity index (χ3n) is 3.65. The number of hydrogen-bond donors (Lipinski definition) is 0. The molecule has 0 aromatic heterocycles. The summed E-state index contributed by atoms with van der Waals surface area (Å²) in [5.74, 6) is 1.57. The van der Waals surface area contributed by atoms with Crippen LogP contribution in [0.5, 0.6) is 0 Å². The van der Waals surface area contributed by atoms with Crippen molar-refractivity contribution < 1.29 is 0 Å². The second kappa shape index (κ2) is 6.08. The molecule has 17 heavy (non-hydrogen) atoms. The van der Waals surface area contributed by atoms with Gasteiger partial charge in [0.05, 0.1) is 0 Å². The van der Waals surface area contributed by atoms with Crippen molar-refractivity contribution in [3.05, 3.63) is 33.3 Å². The van der Waals surface area contributed by atoms with E-state index in [0.717, 1.165) is 27.8 Å². The van der Waals surface area contributed by atoms with Crippen molar-refractivity contribution in [1.29, 1.82) is 0 Å². The Hall–Kier alpha value is 0.470. The Labute approximate surface area is 125 Å². The van der Waals surface area contributed by atoms with Gasteiger partial charge in [0, 0.05) is 14.3 Å². The summed E-state index contributed by atoms with van der Waals surface area (Å²) >= 11 is 13.6. The summed E-state index contributed by atoms with van der Waals surface area (Å²) in [5, 5.41) is 0.886. The molecule has 94 valence electrons. The number of alkyl halides is 1. The fourth-order valence-corrected chi connectivity index (χ4v) is 4.06. The first-order valence-corrected chi connectivity index (χ1v) is 8.23. The number of halogens is 3. The molecule has 1 aliphatic rings. The molecule has 0 N–H and O–H groups in total. The smallest absolute Gasteiger partial charge is 0.0449 e. The Balaban J connectivity index is 2.08. The first-order chi connectivity index (χ1) is 8.06. The van der Waals surface area contributed by atoms with E-state index in [0.29, 0.717) is 4.83 Å². The molecule has 2 rings (SSSR count). The van der Waals surface area contributed by atoms with Crippen LogP contribution in [-0.2, 0) is 6.42 Å². The maximum absolute atomic E-state index is 6.29. The number of hydrogen-bond acceptors (Lipinski definition) is 0. The monoisotopic (exact) mass is 378 g/mol. The van der Waals surface area contributed by atoms with Crippen LogP contribution in [0.1, 0.15) is 31.7 Å². The quantitative estimate of drug-likeness (QED) is 0.565. The lowest BCUT2D eigenvalue weighted by atomic mass is 9.79. The second-order valence-electron chi connectivity index (χ2n) is 5.13. The lowest BCUT2D eigenvalue weighted by Gasteiger charge is -2.31. The highest BCUT2D eigenvalue weighted by Crippen LogP contribution is 2.36. The van der Waals surface area contributed by atoms with Crippen LogP contribution < -0.4 is 0 Å². The van der Waals surface area contributed by atoms with Crippen LogP contribution in [-0.4, -0.2) is 4.83 Å². The molecule has 3 atom stereocenters. The molecular weight excluding hydrogens is 363 g/mol. The van der Waals surface area contributed by atoms with Crippen LogP contribution in [0.25, 0.3) is 0 Å². The van der Waals surface area contributed by atoms with Gasteiger partial charge >= 0.3 is 0 Å². The van der Waals surface area contributed by atoms with Gasteiger partial charge in [0.1, 0.15) is 0 Å². The van der Waals surface area contributed by atoms with Gasteiger partial charge in [-0.3, -0.25) is 0 Å². The van der Waals surface area contributed by atoms with Gasteiger partial charge in [-0.05, 0) is 55.2 Å². The summed E-state index contributed by atoms with van der Waals surface area (Å²) in [6.07, 6.45) is 5.04. The summed E-state index contributed by atoms with van der Waals surface area (Å²) < 4.78 is 1.05. The fourth-order valence-electron chi connectivity index (χ4n) is 2.64. The van der Waals surface area contributed by atoms with Crippen LogP contribution in [0, 0.1) is 11.8 Å². The van der Waals surface area contributed by atoms with E-state index in [4.69, 9.17) is 11.6 Å². The standard InChI is InChI=1S/C14H17Br2Cl/c1-9-2-5-13(16)11(6-9)7-10-3-4-12(15)8-14(10)17/h3-4,8-9,11,13H,2,5-7H2,1H3. The molecule has 0 amide bonds. The molecule has 0 heterocycles. The molecule has 0 radical (unpaired) electrons. The van der Waals surface area contributed by atoms with Gasteiger partial charge in [-0.25, -0.2) is 0 Å². The fraction of sp³-hybridized carbons (Fsp3) is 0.571. The molecule has 1 fully saturated rings. The highest BCUT2D eigenvalue weighted by molar-refractivity contribution is 9.10. The lowest BCUT2D eigenvalue weighted by molar-refractivity contribution is 0.294. The molecule has 1 aromatic rings. The van der Waals surface area contributed by atoms with E-state index in [1.54, 1.807) is 0 Å². The van der Waals surface area contributed by atoms with E-state index in [-0.39, 0.29) is 0 Å². The zero-order valence-corrected chi connectivity index (χ0v) is 13.9. The highest BCUT2D eigenvalue weighted by Gasteiger charge is 2.27. The Bertz CT molecular complexity index is 392. The molecule has 1 aromatic carbocycles. The first-order valence-electron chi connectivity index (χ1n) is 6.14. The van der Waals surface area contributed by atoms with E-state index in [2.05, 4.69) is 50.9 Å². The molecule has 3 heteroatoms. The van der Waals surface area contributed by atoms with Crippen molar-refractivity contribution in [2.24, 2.45) is 11.8 Å². The van der Waals surface area contributed by atoms with Gasteiger partial charge in [-0.1, -0.05) is 56.5 Å². The van der Waals surface area contributed by atoms with Crippen molar-refractivity contribution in [2.75, 3.05) is 0 Å². The second-order valence-corrected chi connectivity index (χ2v) is 7.63. The highest BCUT2D eigenvalue weighted by atomic mass is 79.9. The van der Waals surface area contributed by atoms with Crippen LogP contribution >= 0.6 is 43.5 Å². The molecule has 0 spiro atoms. The first kappa shape index (κ1) is 13.9. The average Bonchev–Trinajstić information content (AvgIpc) is 2.27. The van der Waals surface area contributed by atoms with Gasteiger partial charge in [0.25, 0.3) is 0 Å². The van der Waals surface area contributed by atoms with Crippen LogP contribution in [0.2, 0.25) is 5.02 Å². The van der Waals surface area contributed by atoms with Crippen molar-refractivity contribution in [3.8, 4) is 0 Å². The van der Waals surface area contributed by atoms with E-state index >= 15 is 0 Å². The topological polar surface area (TPSA) is 0 Å². The minimum atomic E-state index is 0.651. The minimum Gasteiger partial charge on any atom is -0.0888 e. The molecule has 0 aliphatic heterocycles. The van der Waals surface area contributed by atoms with Gasteiger partial charge < -0.3 is 0 Å². The molecule has 3 unspecified atom stereocenters. The third-order valence-corrected chi connectivity index (χ3v) is 5.70. The van der Waals surface area contributed by atoms with E-state index < -0.39 is 0 Å². The van der Waals surface area contributed by atoms with E-state index in [9.17, 15) is 0 Å². The summed E-state index contributed by atoms with van der Waals surface area (Å²) in [5.41, 5.74) is 1.28. The zero-order chi connectivity index (χ0) is 12.4. The summed E-state index contributed by atoms with van der Waals surface area (Å²) in [4.78, 5) is 0.651. The molecule has 1 saturated carbocycles. The number of benzene rings is 1. The lowest BCUT2D eigenvalue weighted by Crippen LogP contribution is -2.25. The molecular formula is C14H17Br2Cl. The Morgan fingerprint density at radius 3 is 2.82 bits per heavy atom. The minimum absolute atomic E-state index is 0.651. The molecule has 0 saturated heterocycles.